The lowest BCUT2D eigenvalue weighted by molar-refractivity contribution is -0.151. The molecule has 17 heavy (non-hydrogen) atoms. The van der Waals surface area contributed by atoms with Gasteiger partial charge in [0, 0.05) is 11.7 Å². The number of carbonyl (C=O) groups excluding carboxylic acids is 3. The molecule has 0 spiro atoms. The van der Waals surface area contributed by atoms with Crippen LogP contribution in [0.1, 0.15) is 19.8 Å². The molecule has 2 heterocycles. The summed E-state index contributed by atoms with van der Waals surface area (Å²) in [7, 11) is 0. The number of thioether (sulfide) groups is 1. The maximum Gasteiger partial charge on any atom is 0.249 e. The molecule has 0 bridgehead atoms. The van der Waals surface area contributed by atoms with Crippen molar-refractivity contribution in [1.29, 1.82) is 0 Å². The lowest BCUT2D eigenvalue weighted by Gasteiger charge is -2.34. The van der Waals surface area contributed by atoms with Crippen LogP contribution < -0.4 is 5.32 Å². The SMILES string of the molecule is CCC1C(=O)NC(=O)CN1C(=O)C1CCSC1. The van der Waals surface area contributed by atoms with E-state index >= 15 is 0 Å². The van der Waals surface area contributed by atoms with Gasteiger partial charge in [-0.2, -0.15) is 11.8 Å². The van der Waals surface area contributed by atoms with Gasteiger partial charge in [0.05, 0.1) is 0 Å². The van der Waals surface area contributed by atoms with Crippen molar-refractivity contribution in [3.63, 3.8) is 0 Å². The molecule has 1 N–H and O–H groups in total. The number of hydrogen-bond acceptors (Lipinski definition) is 4. The van der Waals surface area contributed by atoms with Crippen molar-refractivity contribution in [3.8, 4) is 0 Å². The molecular formula is C11H16N2O3S. The van der Waals surface area contributed by atoms with Crippen molar-refractivity contribution in [2.45, 2.75) is 25.8 Å². The number of carbonyl (C=O) groups is 3. The van der Waals surface area contributed by atoms with Gasteiger partial charge in [-0.15, -0.1) is 0 Å². The normalized spacial score (nSPS) is 29.4. The Balaban J connectivity index is 2.12. The number of rotatable bonds is 2. The monoisotopic (exact) mass is 256 g/mol. The molecule has 3 amide bonds. The van der Waals surface area contributed by atoms with E-state index < -0.39 is 6.04 Å². The minimum absolute atomic E-state index is 0.0181. The molecule has 94 valence electrons. The van der Waals surface area contributed by atoms with Crippen molar-refractivity contribution in [2.75, 3.05) is 18.1 Å². The van der Waals surface area contributed by atoms with Crippen molar-refractivity contribution in [2.24, 2.45) is 5.92 Å². The number of hydrogen-bond donors (Lipinski definition) is 1. The zero-order chi connectivity index (χ0) is 12.4. The first-order valence-electron chi connectivity index (χ1n) is 5.85. The smallest absolute Gasteiger partial charge is 0.249 e. The zero-order valence-electron chi connectivity index (χ0n) is 9.77. The molecule has 2 aliphatic rings. The summed E-state index contributed by atoms with van der Waals surface area (Å²) in [6, 6.07) is -0.481. The lowest BCUT2D eigenvalue weighted by atomic mass is 10.0. The van der Waals surface area contributed by atoms with Gasteiger partial charge in [-0.25, -0.2) is 0 Å². The Hall–Kier alpha value is -1.04. The predicted molar refractivity (Wildman–Crippen MR) is 64.4 cm³/mol. The van der Waals surface area contributed by atoms with Crippen molar-refractivity contribution < 1.29 is 14.4 Å². The van der Waals surface area contributed by atoms with Crippen LogP contribution in [0.2, 0.25) is 0 Å². The van der Waals surface area contributed by atoms with Gasteiger partial charge in [0.1, 0.15) is 12.6 Å². The largest absolute Gasteiger partial charge is 0.321 e. The maximum absolute atomic E-state index is 12.2. The predicted octanol–water partition coefficient (Wildman–Crippen LogP) is 0.00310. The molecule has 0 aromatic rings. The average Bonchev–Trinajstić information content (AvgIpc) is 2.80. The summed E-state index contributed by atoms with van der Waals surface area (Å²) < 4.78 is 0. The second kappa shape index (κ2) is 5.08. The lowest BCUT2D eigenvalue weighted by Crippen LogP contribution is -2.60. The summed E-state index contributed by atoms with van der Waals surface area (Å²) in [5, 5.41) is 2.28. The fraction of sp³-hybridized carbons (Fsp3) is 0.727. The highest BCUT2D eigenvalue weighted by molar-refractivity contribution is 7.99. The fourth-order valence-corrected chi connectivity index (χ4v) is 3.48. The van der Waals surface area contributed by atoms with Gasteiger partial charge in [-0.05, 0) is 18.6 Å². The van der Waals surface area contributed by atoms with Gasteiger partial charge in [-0.1, -0.05) is 6.92 Å². The minimum atomic E-state index is -0.481. The van der Waals surface area contributed by atoms with Crippen LogP contribution in [-0.4, -0.2) is 46.7 Å². The Kier molecular flexibility index (Phi) is 3.71. The highest BCUT2D eigenvalue weighted by Gasteiger charge is 2.38. The van der Waals surface area contributed by atoms with Crippen LogP contribution in [0.4, 0.5) is 0 Å². The Morgan fingerprint density at radius 1 is 1.53 bits per heavy atom. The van der Waals surface area contributed by atoms with Crippen molar-refractivity contribution >= 4 is 29.5 Å². The first kappa shape index (κ1) is 12.4. The minimum Gasteiger partial charge on any atom is -0.321 e. The number of piperazine rings is 1. The van der Waals surface area contributed by atoms with Gasteiger partial charge in [-0.3, -0.25) is 19.7 Å². The van der Waals surface area contributed by atoms with Crippen LogP contribution in [0.3, 0.4) is 0 Å². The third-order valence-electron chi connectivity index (χ3n) is 3.20. The Labute approximate surface area is 104 Å². The highest BCUT2D eigenvalue weighted by Crippen LogP contribution is 2.26. The van der Waals surface area contributed by atoms with Crippen LogP contribution in [0.15, 0.2) is 0 Å². The third kappa shape index (κ3) is 2.46. The first-order chi connectivity index (χ1) is 8.13. The molecule has 0 saturated carbocycles. The molecular weight excluding hydrogens is 240 g/mol. The molecule has 6 heteroatoms. The summed E-state index contributed by atoms with van der Waals surface area (Å²) in [5.74, 6) is 1.02. The summed E-state index contributed by atoms with van der Waals surface area (Å²) >= 11 is 1.75. The Morgan fingerprint density at radius 3 is 2.88 bits per heavy atom. The molecule has 2 aliphatic heterocycles. The molecule has 0 radical (unpaired) electrons. The summed E-state index contributed by atoms with van der Waals surface area (Å²) in [4.78, 5) is 36.7. The quantitative estimate of drug-likeness (QED) is 0.706. The maximum atomic E-state index is 12.2. The first-order valence-corrected chi connectivity index (χ1v) is 7.01. The molecule has 2 fully saturated rings. The van der Waals surface area contributed by atoms with E-state index in [9.17, 15) is 14.4 Å². The van der Waals surface area contributed by atoms with Gasteiger partial charge in [0.2, 0.25) is 17.7 Å². The number of imide groups is 1. The molecule has 0 aromatic heterocycles. The van der Waals surface area contributed by atoms with Crippen LogP contribution in [0, 0.1) is 5.92 Å². The number of nitrogens with one attached hydrogen (secondary N) is 1. The molecule has 2 atom stereocenters. The molecule has 2 rings (SSSR count). The number of amides is 3. The van der Waals surface area contributed by atoms with E-state index in [-0.39, 0.29) is 30.2 Å². The second-order valence-electron chi connectivity index (χ2n) is 4.36. The third-order valence-corrected chi connectivity index (χ3v) is 4.37. The van der Waals surface area contributed by atoms with E-state index in [4.69, 9.17) is 0 Å². The van der Waals surface area contributed by atoms with Crippen molar-refractivity contribution in [3.05, 3.63) is 0 Å². The van der Waals surface area contributed by atoms with E-state index in [0.717, 1.165) is 17.9 Å². The van der Waals surface area contributed by atoms with Gasteiger partial charge in [0.15, 0.2) is 0 Å². The van der Waals surface area contributed by atoms with E-state index in [1.807, 2.05) is 6.92 Å². The standard InChI is InChI=1S/C11H16N2O3S/c1-2-8-10(15)12-9(14)5-13(8)11(16)7-3-4-17-6-7/h7-8H,2-6H2,1H3,(H,12,14,15). The van der Waals surface area contributed by atoms with E-state index in [0.29, 0.717) is 6.42 Å². The van der Waals surface area contributed by atoms with E-state index in [2.05, 4.69) is 5.32 Å². The highest BCUT2D eigenvalue weighted by atomic mass is 32.2. The average molecular weight is 256 g/mol. The van der Waals surface area contributed by atoms with Crippen LogP contribution >= 0.6 is 11.8 Å². The molecule has 0 aliphatic carbocycles. The Morgan fingerprint density at radius 2 is 2.29 bits per heavy atom. The fourth-order valence-electron chi connectivity index (χ4n) is 2.27. The molecule has 2 saturated heterocycles. The molecule has 2 unspecified atom stereocenters. The summed E-state index contributed by atoms with van der Waals surface area (Å²) in [6.07, 6.45) is 1.40. The van der Waals surface area contributed by atoms with Gasteiger partial charge in [0.25, 0.3) is 0 Å². The number of nitrogens with zero attached hydrogens (tertiary/aromatic N) is 1. The topological polar surface area (TPSA) is 66.5 Å². The zero-order valence-corrected chi connectivity index (χ0v) is 10.6. The van der Waals surface area contributed by atoms with Crippen LogP contribution in [0.5, 0.6) is 0 Å². The van der Waals surface area contributed by atoms with Crippen LogP contribution in [-0.2, 0) is 14.4 Å². The Bertz CT molecular complexity index is 353. The van der Waals surface area contributed by atoms with Gasteiger partial charge >= 0.3 is 0 Å². The summed E-state index contributed by atoms with van der Waals surface area (Å²) in [6.45, 7) is 1.87. The van der Waals surface area contributed by atoms with Crippen molar-refractivity contribution in [1.82, 2.24) is 10.2 Å². The second-order valence-corrected chi connectivity index (χ2v) is 5.51. The summed E-state index contributed by atoms with van der Waals surface area (Å²) in [5.41, 5.74) is 0. The van der Waals surface area contributed by atoms with Gasteiger partial charge < -0.3 is 4.90 Å². The van der Waals surface area contributed by atoms with E-state index in [1.54, 1.807) is 11.8 Å². The van der Waals surface area contributed by atoms with Crippen LogP contribution in [0.25, 0.3) is 0 Å². The van der Waals surface area contributed by atoms with E-state index in [1.165, 1.54) is 4.90 Å². The molecule has 5 nitrogen and oxygen atoms in total. The molecule has 0 aromatic carbocycles.